The van der Waals surface area contributed by atoms with E-state index < -0.39 is 29.4 Å². The van der Waals surface area contributed by atoms with Crippen LogP contribution < -0.4 is 10.6 Å². The van der Waals surface area contributed by atoms with Crippen molar-refractivity contribution in [2.75, 3.05) is 6.54 Å². The first-order valence-corrected chi connectivity index (χ1v) is 8.88. The lowest BCUT2D eigenvalue weighted by molar-refractivity contribution is -0.134. The predicted octanol–water partition coefficient (Wildman–Crippen LogP) is 2.42. The summed E-state index contributed by atoms with van der Waals surface area (Å²) < 4.78 is 13.2. The highest BCUT2D eigenvalue weighted by Crippen LogP contribution is 2.26. The Hall–Kier alpha value is -2.74. The van der Waals surface area contributed by atoms with Crippen LogP contribution in [0.2, 0.25) is 0 Å². The molecule has 0 saturated carbocycles. The van der Waals surface area contributed by atoms with Crippen molar-refractivity contribution in [1.82, 2.24) is 15.5 Å². The first kappa shape index (κ1) is 18.1. The molecule has 0 spiro atoms. The molecule has 136 valence electrons. The maximum atomic E-state index is 13.2. The van der Waals surface area contributed by atoms with Crippen LogP contribution in [0, 0.1) is 5.82 Å². The molecule has 1 aromatic carbocycles. The van der Waals surface area contributed by atoms with Gasteiger partial charge in [0.05, 0.1) is 6.04 Å². The third-order valence-corrected chi connectivity index (χ3v) is 5.02. The van der Waals surface area contributed by atoms with Crippen molar-refractivity contribution < 1.29 is 18.8 Å². The van der Waals surface area contributed by atoms with Crippen LogP contribution in [0.4, 0.5) is 9.18 Å². The first-order chi connectivity index (χ1) is 12.3. The third-order valence-electron chi connectivity index (χ3n) is 4.08. The van der Waals surface area contributed by atoms with Crippen LogP contribution in [0.15, 0.2) is 41.8 Å². The highest BCUT2D eigenvalue weighted by Gasteiger charge is 2.45. The Bertz CT molecular complexity index is 834. The molecule has 8 heteroatoms. The maximum absolute atomic E-state index is 13.2. The maximum Gasteiger partial charge on any atom is 0.325 e. The number of urea groups is 1. The Morgan fingerprint density at radius 2 is 1.96 bits per heavy atom. The van der Waals surface area contributed by atoms with Crippen LogP contribution in [0.5, 0.6) is 0 Å². The Morgan fingerprint density at radius 3 is 2.50 bits per heavy atom. The second-order valence-corrected chi connectivity index (χ2v) is 7.49. The molecule has 0 radical (unpaired) electrons. The zero-order chi connectivity index (χ0) is 18.9. The standard InChI is InChI=1S/C18H18FN3O3S/c1-18(2)16(24)22(17(25)21-18)10-14(23)20-15(13-4-3-9-26-13)11-5-7-12(19)8-6-11/h3-9,15H,10H2,1-2H3,(H,20,23)(H,21,25)/t15-/m0/s1. The summed E-state index contributed by atoms with van der Waals surface area (Å²) in [5.74, 6) is -1.30. The largest absolute Gasteiger partial charge is 0.343 e. The van der Waals surface area contributed by atoms with Gasteiger partial charge in [-0.25, -0.2) is 9.18 Å². The van der Waals surface area contributed by atoms with Crippen molar-refractivity contribution >= 4 is 29.2 Å². The number of halogens is 1. The fourth-order valence-corrected chi connectivity index (χ4v) is 3.54. The number of rotatable bonds is 5. The van der Waals surface area contributed by atoms with E-state index in [1.165, 1.54) is 23.5 Å². The zero-order valence-electron chi connectivity index (χ0n) is 14.3. The van der Waals surface area contributed by atoms with Gasteiger partial charge < -0.3 is 10.6 Å². The number of amides is 4. The van der Waals surface area contributed by atoms with Crippen LogP contribution in [0.1, 0.15) is 30.3 Å². The minimum absolute atomic E-state index is 0.369. The second-order valence-electron chi connectivity index (χ2n) is 6.51. The van der Waals surface area contributed by atoms with Crippen LogP contribution in [0.3, 0.4) is 0 Å². The molecular weight excluding hydrogens is 357 g/mol. The normalized spacial score (nSPS) is 17.1. The van der Waals surface area contributed by atoms with Crippen LogP contribution in [-0.4, -0.2) is 34.8 Å². The van der Waals surface area contributed by atoms with Crippen molar-refractivity contribution in [2.24, 2.45) is 0 Å². The fourth-order valence-electron chi connectivity index (χ4n) is 2.74. The van der Waals surface area contributed by atoms with Gasteiger partial charge in [-0.2, -0.15) is 0 Å². The molecule has 1 aliphatic rings. The van der Waals surface area contributed by atoms with Crippen molar-refractivity contribution in [3.05, 3.63) is 58.0 Å². The summed E-state index contributed by atoms with van der Waals surface area (Å²) in [6.45, 7) is 2.79. The highest BCUT2D eigenvalue weighted by molar-refractivity contribution is 7.10. The Morgan fingerprint density at radius 1 is 1.27 bits per heavy atom. The topological polar surface area (TPSA) is 78.5 Å². The second kappa shape index (κ2) is 6.87. The number of hydrogen-bond acceptors (Lipinski definition) is 4. The molecule has 1 atom stereocenters. The number of thiophene rings is 1. The highest BCUT2D eigenvalue weighted by atomic mass is 32.1. The molecule has 1 fully saturated rings. The fraction of sp³-hybridized carbons (Fsp3) is 0.278. The van der Waals surface area contributed by atoms with E-state index in [0.29, 0.717) is 5.56 Å². The van der Waals surface area contributed by atoms with Crippen LogP contribution in [-0.2, 0) is 9.59 Å². The summed E-state index contributed by atoms with van der Waals surface area (Å²) in [4.78, 5) is 38.4. The van der Waals surface area contributed by atoms with Crippen LogP contribution >= 0.6 is 11.3 Å². The number of imide groups is 1. The monoisotopic (exact) mass is 375 g/mol. The summed E-state index contributed by atoms with van der Waals surface area (Å²) in [5, 5.41) is 7.23. The summed E-state index contributed by atoms with van der Waals surface area (Å²) in [6.07, 6.45) is 0. The van der Waals surface area contributed by atoms with E-state index in [0.717, 1.165) is 9.78 Å². The van der Waals surface area contributed by atoms with Gasteiger partial charge in [0.1, 0.15) is 17.9 Å². The predicted molar refractivity (Wildman–Crippen MR) is 95.0 cm³/mol. The molecular formula is C18H18FN3O3S. The Labute approximate surface area is 154 Å². The van der Waals surface area contributed by atoms with Gasteiger partial charge in [-0.1, -0.05) is 18.2 Å². The zero-order valence-corrected chi connectivity index (χ0v) is 15.1. The molecule has 1 aromatic heterocycles. The van der Waals surface area contributed by atoms with Gasteiger partial charge in [-0.3, -0.25) is 14.5 Å². The number of nitrogens with one attached hydrogen (secondary N) is 2. The minimum atomic E-state index is -1.03. The SMILES string of the molecule is CC1(C)NC(=O)N(CC(=O)N[C@@H](c2ccc(F)cc2)c2cccs2)C1=O. The minimum Gasteiger partial charge on any atom is -0.343 e. The molecule has 1 aliphatic heterocycles. The summed E-state index contributed by atoms with van der Waals surface area (Å²) in [7, 11) is 0. The first-order valence-electron chi connectivity index (χ1n) is 8.00. The molecule has 0 bridgehead atoms. The van der Waals surface area contributed by atoms with Gasteiger partial charge in [0.2, 0.25) is 5.91 Å². The molecule has 2 N–H and O–H groups in total. The lowest BCUT2D eigenvalue weighted by Gasteiger charge is -2.20. The molecule has 26 heavy (non-hydrogen) atoms. The summed E-state index contributed by atoms with van der Waals surface area (Å²) in [5.41, 5.74) is -0.318. The van der Waals surface area contributed by atoms with E-state index in [1.54, 1.807) is 26.0 Å². The van der Waals surface area contributed by atoms with Gasteiger partial charge in [-0.05, 0) is 43.0 Å². The molecule has 0 unspecified atom stereocenters. The van der Waals surface area contributed by atoms with E-state index >= 15 is 0 Å². The molecule has 2 aromatic rings. The summed E-state index contributed by atoms with van der Waals surface area (Å²) in [6, 6.07) is 8.46. The Balaban J connectivity index is 1.77. The lowest BCUT2D eigenvalue weighted by atomic mass is 10.1. The molecule has 1 saturated heterocycles. The van der Waals surface area contributed by atoms with Crippen molar-refractivity contribution in [3.8, 4) is 0 Å². The van der Waals surface area contributed by atoms with Crippen molar-refractivity contribution in [2.45, 2.75) is 25.4 Å². The molecule has 3 rings (SSSR count). The molecule has 0 aliphatic carbocycles. The van der Waals surface area contributed by atoms with Crippen LogP contribution in [0.25, 0.3) is 0 Å². The van der Waals surface area contributed by atoms with Gasteiger partial charge >= 0.3 is 6.03 Å². The molecule has 6 nitrogen and oxygen atoms in total. The quantitative estimate of drug-likeness (QED) is 0.788. The van der Waals surface area contributed by atoms with Gasteiger partial charge in [0.25, 0.3) is 5.91 Å². The molecule has 2 heterocycles. The van der Waals surface area contributed by atoms with E-state index in [-0.39, 0.29) is 12.4 Å². The number of nitrogens with zero attached hydrogens (tertiary/aromatic N) is 1. The van der Waals surface area contributed by atoms with E-state index in [4.69, 9.17) is 0 Å². The molecule has 4 amide bonds. The smallest absolute Gasteiger partial charge is 0.325 e. The van der Waals surface area contributed by atoms with Gasteiger partial charge in [0, 0.05) is 4.88 Å². The van der Waals surface area contributed by atoms with Crippen molar-refractivity contribution in [3.63, 3.8) is 0 Å². The number of carbonyl (C=O) groups excluding carboxylic acids is 3. The third kappa shape index (κ3) is 3.60. The summed E-state index contributed by atoms with van der Waals surface area (Å²) >= 11 is 1.45. The average Bonchev–Trinajstić information content (AvgIpc) is 3.17. The number of benzene rings is 1. The van der Waals surface area contributed by atoms with E-state index in [2.05, 4.69) is 10.6 Å². The van der Waals surface area contributed by atoms with E-state index in [9.17, 15) is 18.8 Å². The number of hydrogen-bond donors (Lipinski definition) is 2. The van der Waals surface area contributed by atoms with Gasteiger partial charge in [-0.15, -0.1) is 11.3 Å². The van der Waals surface area contributed by atoms with Crippen molar-refractivity contribution in [1.29, 1.82) is 0 Å². The Kier molecular flexibility index (Phi) is 4.78. The van der Waals surface area contributed by atoms with Gasteiger partial charge in [0.15, 0.2) is 0 Å². The number of carbonyl (C=O) groups is 3. The lowest BCUT2D eigenvalue weighted by Crippen LogP contribution is -2.43. The van der Waals surface area contributed by atoms with E-state index in [1.807, 2.05) is 17.5 Å². The average molecular weight is 375 g/mol.